The van der Waals surface area contributed by atoms with E-state index in [9.17, 15) is 5.11 Å². The lowest BCUT2D eigenvalue weighted by Crippen LogP contribution is -2.50. The molecule has 19 heavy (non-hydrogen) atoms. The molecule has 0 radical (unpaired) electrons. The highest BCUT2D eigenvalue weighted by atomic mass is 16.5. The molecule has 0 spiro atoms. The van der Waals surface area contributed by atoms with Crippen LogP contribution in [-0.2, 0) is 4.74 Å². The van der Waals surface area contributed by atoms with Crippen molar-refractivity contribution in [2.75, 3.05) is 39.4 Å². The van der Waals surface area contributed by atoms with Crippen molar-refractivity contribution in [3.63, 3.8) is 0 Å². The van der Waals surface area contributed by atoms with E-state index in [1.165, 1.54) is 19.4 Å². The minimum atomic E-state index is 0.0465. The highest BCUT2D eigenvalue weighted by Gasteiger charge is 2.32. The van der Waals surface area contributed by atoms with Crippen LogP contribution in [0.5, 0.6) is 0 Å². The molecule has 0 amide bonds. The van der Waals surface area contributed by atoms with Crippen LogP contribution in [0.1, 0.15) is 39.5 Å². The first-order valence-corrected chi connectivity index (χ1v) is 7.90. The molecule has 2 fully saturated rings. The molecular formula is C15H30N2O2. The summed E-state index contributed by atoms with van der Waals surface area (Å²) >= 11 is 0. The van der Waals surface area contributed by atoms with Crippen molar-refractivity contribution in [3.05, 3.63) is 0 Å². The summed E-state index contributed by atoms with van der Waals surface area (Å²) in [6.45, 7) is 9.61. The Morgan fingerprint density at radius 1 is 1.37 bits per heavy atom. The number of nitrogens with one attached hydrogen (secondary N) is 1. The Hall–Kier alpha value is -0.160. The first kappa shape index (κ1) is 15.2. The zero-order valence-corrected chi connectivity index (χ0v) is 12.5. The summed E-state index contributed by atoms with van der Waals surface area (Å²) in [6, 6.07) is 0.680. The van der Waals surface area contributed by atoms with Gasteiger partial charge in [0.2, 0.25) is 0 Å². The molecule has 0 aromatic rings. The van der Waals surface area contributed by atoms with Gasteiger partial charge in [0.05, 0.1) is 12.7 Å². The monoisotopic (exact) mass is 270 g/mol. The van der Waals surface area contributed by atoms with E-state index < -0.39 is 0 Å². The van der Waals surface area contributed by atoms with Crippen LogP contribution in [0.4, 0.5) is 0 Å². The molecule has 4 heteroatoms. The predicted octanol–water partition coefficient (Wildman–Crippen LogP) is 1.24. The fourth-order valence-electron chi connectivity index (χ4n) is 3.29. The second-order valence-corrected chi connectivity index (χ2v) is 6.24. The van der Waals surface area contributed by atoms with Crippen LogP contribution in [0.25, 0.3) is 0 Å². The quantitative estimate of drug-likeness (QED) is 0.730. The van der Waals surface area contributed by atoms with Gasteiger partial charge in [-0.05, 0) is 32.2 Å². The second kappa shape index (κ2) is 7.02. The zero-order valence-electron chi connectivity index (χ0n) is 12.5. The first-order chi connectivity index (χ1) is 9.23. The lowest BCUT2D eigenvalue weighted by Gasteiger charge is -2.36. The fraction of sp³-hybridized carbons (Fsp3) is 1.00. The Bertz CT molecular complexity index is 261. The molecule has 2 unspecified atom stereocenters. The Morgan fingerprint density at radius 3 is 2.84 bits per heavy atom. The third-order valence-electron chi connectivity index (χ3n) is 5.17. The van der Waals surface area contributed by atoms with E-state index in [0.717, 1.165) is 39.1 Å². The molecule has 2 atom stereocenters. The van der Waals surface area contributed by atoms with E-state index in [1.54, 1.807) is 0 Å². The van der Waals surface area contributed by atoms with Gasteiger partial charge in [0, 0.05) is 37.7 Å². The first-order valence-electron chi connectivity index (χ1n) is 7.90. The third kappa shape index (κ3) is 3.69. The Morgan fingerprint density at radius 2 is 2.16 bits per heavy atom. The number of ether oxygens (including phenoxy) is 1. The molecule has 0 aromatic carbocycles. The molecule has 0 aliphatic carbocycles. The van der Waals surface area contributed by atoms with Crippen molar-refractivity contribution >= 4 is 0 Å². The van der Waals surface area contributed by atoms with Gasteiger partial charge in [0.1, 0.15) is 0 Å². The van der Waals surface area contributed by atoms with Crippen molar-refractivity contribution in [3.8, 4) is 0 Å². The highest BCUT2D eigenvalue weighted by molar-refractivity contribution is 4.86. The van der Waals surface area contributed by atoms with Crippen LogP contribution in [0.15, 0.2) is 0 Å². The van der Waals surface area contributed by atoms with E-state index in [1.807, 2.05) is 0 Å². The van der Waals surface area contributed by atoms with Gasteiger partial charge < -0.3 is 15.2 Å². The van der Waals surface area contributed by atoms with Gasteiger partial charge in [-0.3, -0.25) is 4.90 Å². The Labute approximate surface area is 117 Å². The molecular weight excluding hydrogens is 240 g/mol. The molecule has 2 rings (SSSR count). The van der Waals surface area contributed by atoms with Crippen molar-refractivity contribution in [1.82, 2.24) is 10.2 Å². The van der Waals surface area contributed by atoms with E-state index >= 15 is 0 Å². The van der Waals surface area contributed by atoms with Crippen LogP contribution in [0, 0.1) is 5.41 Å². The van der Waals surface area contributed by atoms with Gasteiger partial charge >= 0.3 is 0 Å². The number of morpholine rings is 1. The van der Waals surface area contributed by atoms with Gasteiger partial charge in [0.15, 0.2) is 0 Å². The van der Waals surface area contributed by atoms with Gasteiger partial charge in [-0.1, -0.05) is 13.8 Å². The summed E-state index contributed by atoms with van der Waals surface area (Å²) in [6.07, 6.45) is 4.99. The van der Waals surface area contributed by atoms with Gasteiger partial charge in [0.25, 0.3) is 0 Å². The average molecular weight is 270 g/mol. The SMILES string of the molecule is CCC(CC)(CO)CNCC1CN2CCCC2CO1. The Balaban J connectivity index is 1.71. The number of rotatable bonds is 7. The summed E-state index contributed by atoms with van der Waals surface area (Å²) in [5.41, 5.74) is 0.0465. The van der Waals surface area contributed by atoms with Gasteiger partial charge in [-0.25, -0.2) is 0 Å². The molecule has 112 valence electrons. The number of hydrogen-bond donors (Lipinski definition) is 2. The molecule has 2 aliphatic heterocycles. The van der Waals surface area contributed by atoms with E-state index in [-0.39, 0.29) is 12.0 Å². The van der Waals surface area contributed by atoms with Gasteiger partial charge in [-0.2, -0.15) is 0 Å². The largest absolute Gasteiger partial charge is 0.396 e. The summed E-state index contributed by atoms with van der Waals surface area (Å²) in [5, 5.41) is 13.1. The summed E-state index contributed by atoms with van der Waals surface area (Å²) in [7, 11) is 0. The average Bonchev–Trinajstić information content (AvgIpc) is 2.92. The predicted molar refractivity (Wildman–Crippen MR) is 77.3 cm³/mol. The van der Waals surface area contributed by atoms with Crippen molar-refractivity contribution in [2.24, 2.45) is 5.41 Å². The molecule has 0 bridgehead atoms. The minimum absolute atomic E-state index is 0.0465. The van der Waals surface area contributed by atoms with Crippen LogP contribution in [0.2, 0.25) is 0 Å². The summed E-state index contributed by atoms with van der Waals surface area (Å²) in [4.78, 5) is 2.58. The maximum Gasteiger partial charge on any atom is 0.0826 e. The van der Waals surface area contributed by atoms with Crippen LogP contribution < -0.4 is 5.32 Å². The number of fused-ring (bicyclic) bond motifs is 1. The number of aliphatic hydroxyl groups excluding tert-OH is 1. The van der Waals surface area contributed by atoms with Crippen LogP contribution >= 0.6 is 0 Å². The molecule has 4 nitrogen and oxygen atoms in total. The normalized spacial score (nSPS) is 28.6. The topological polar surface area (TPSA) is 44.7 Å². The zero-order chi connectivity index (χ0) is 13.7. The van der Waals surface area contributed by atoms with Crippen molar-refractivity contribution < 1.29 is 9.84 Å². The number of nitrogens with zero attached hydrogens (tertiary/aromatic N) is 1. The smallest absolute Gasteiger partial charge is 0.0826 e. The standard InChI is InChI=1S/C15H30N2O2/c1-3-15(4-2,12-18)11-16-8-14-9-17-7-5-6-13(17)10-19-14/h13-14,16,18H,3-12H2,1-2H3. The minimum Gasteiger partial charge on any atom is -0.396 e. The molecule has 0 aromatic heterocycles. The van der Waals surface area contributed by atoms with E-state index in [0.29, 0.717) is 12.1 Å². The maximum absolute atomic E-state index is 9.56. The summed E-state index contributed by atoms with van der Waals surface area (Å²) < 4.78 is 5.94. The van der Waals surface area contributed by atoms with E-state index in [2.05, 4.69) is 24.1 Å². The van der Waals surface area contributed by atoms with Gasteiger partial charge in [-0.15, -0.1) is 0 Å². The second-order valence-electron chi connectivity index (χ2n) is 6.24. The summed E-state index contributed by atoms with van der Waals surface area (Å²) in [5.74, 6) is 0. The molecule has 2 saturated heterocycles. The molecule has 0 saturated carbocycles. The lowest BCUT2D eigenvalue weighted by atomic mass is 9.83. The van der Waals surface area contributed by atoms with Crippen molar-refractivity contribution in [2.45, 2.75) is 51.7 Å². The molecule has 2 N–H and O–H groups in total. The molecule has 2 heterocycles. The lowest BCUT2D eigenvalue weighted by molar-refractivity contribution is -0.0482. The number of aliphatic hydroxyl groups is 1. The van der Waals surface area contributed by atoms with Crippen LogP contribution in [0.3, 0.4) is 0 Å². The molecule has 2 aliphatic rings. The maximum atomic E-state index is 9.56. The Kier molecular flexibility index (Phi) is 5.63. The third-order valence-corrected chi connectivity index (χ3v) is 5.17. The number of hydrogen-bond acceptors (Lipinski definition) is 4. The van der Waals surface area contributed by atoms with Crippen molar-refractivity contribution in [1.29, 1.82) is 0 Å². The highest BCUT2D eigenvalue weighted by Crippen LogP contribution is 2.25. The fourth-order valence-corrected chi connectivity index (χ4v) is 3.29. The van der Waals surface area contributed by atoms with Crippen LogP contribution in [-0.4, -0.2) is 61.5 Å². The van der Waals surface area contributed by atoms with E-state index in [4.69, 9.17) is 4.74 Å².